The van der Waals surface area contributed by atoms with Crippen LogP contribution in [0.2, 0.25) is 0 Å². The smallest absolute Gasteiger partial charge is 0.238 e. The Labute approximate surface area is 78.7 Å². The molecule has 0 aromatic carbocycles. The average molecular weight is 186 g/mol. The van der Waals surface area contributed by atoms with Gasteiger partial charge in [-0.25, -0.2) is 0 Å². The third kappa shape index (κ3) is 2.67. The normalized spacial score (nSPS) is 29.2. The molecule has 1 fully saturated rings. The maximum Gasteiger partial charge on any atom is 0.238 e. The zero-order chi connectivity index (χ0) is 10.0. The molecule has 1 saturated carbocycles. The number of likely N-dealkylation sites (N-methyl/N-ethyl adjacent to an activating group) is 1. The summed E-state index contributed by atoms with van der Waals surface area (Å²) in [5.74, 6) is 0.434. The second-order valence-corrected chi connectivity index (χ2v) is 4.00. The van der Waals surface area contributed by atoms with Crippen molar-refractivity contribution >= 4 is 5.91 Å². The van der Waals surface area contributed by atoms with Gasteiger partial charge in [-0.15, -0.1) is 0 Å². The van der Waals surface area contributed by atoms with Crippen molar-refractivity contribution in [3.8, 4) is 0 Å². The highest BCUT2D eigenvalue weighted by molar-refractivity contribution is 5.80. The Balaban J connectivity index is 2.25. The van der Waals surface area contributed by atoms with E-state index in [2.05, 4.69) is 0 Å². The lowest BCUT2D eigenvalue weighted by molar-refractivity contribution is -0.132. The summed E-state index contributed by atoms with van der Waals surface area (Å²) in [7, 11) is 1.76. The standard InChI is InChI=1S/C9H18N2O2/c1-6(10)9(13)11(2)5-7-3-8(12)4-7/h6-8,12H,3-5,10H2,1-2H3/t6-,7?,8?/m0/s1. The molecule has 76 valence electrons. The van der Waals surface area contributed by atoms with Gasteiger partial charge in [-0.1, -0.05) is 0 Å². The van der Waals surface area contributed by atoms with Crippen molar-refractivity contribution in [3.05, 3.63) is 0 Å². The molecule has 1 aliphatic carbocycles. The van der Waals surface area contributed by atoms with Gasteiger partial charge in [0.2, 0.25) is 5.91 Å². The predicted molar refractivity (Wildman–Crippen MR) is 50.0 cm³/mol. The topological polar surface area (TPSA) is 66.6 Å². The SMILES string of the molecule is C[C@H](N)C(=O)N(C)CC1CC(O)C1. The molecule has 1 atom stereocenters. The van der Waals surface area contributed by atoms with Gasteiger partial charge in [0.25, 0.3) is 0 Å². The van der Waals surface area contributed by atoms with E-state index in [1.807, 2.05) is 0 Å². The number of hydrogen-bond acceptors (Lipinski definition) is 3. The van der Waals surface area contributed by atoms with Crippen molar-refractivity contribution in [1.82, 2.24) is 4.90 Å². The van der Waals surface area contributed by atoms with E-state index < -0.39 is 6.04 Å². The molecule has 0 aromatic heterocycles. The Hall–Kier alpha value is -0.610. The van der Waals surface area contributed by atoms with Crippen molar-refractivity contribution < 1.29 is 9.90 Å². The van der Waals surface area contributed by atoms with Crippen molar-refractivity contribution in [2.75, 3.05) is 13.6 Å². The van der Waals surface area contributed by atoms with Crippen LogP contribution in [-0.2, 0) is 4.79 Å². The summed E-state index contributed by atoms with van der Waals surface area (Å²) in [4.78, 5) is 13.0. The van der Waals surface area contributed by atoms with E-state index in [0.717, 1.165) is 19.4 Å². The molecule has 13 heavy (non-hydrogen) atoms. The van der Waals surface area contributed by atoms with Crippen molar-refractivity contribution in [2.24, 2.45) is 11.7 Å². The minimum Gasteiger partial charge on any atom is -0.393 e. The van der Waals surface area contributed by atoms with E-state index in [1.54, 1.807) is 18.9 Å². The van der Waals surface area contributed by atoms with Gasteiger partial charge in [0.05, 0.1) is 12.1 Å². The number of nitrogens with zero attached hydrogens (tertiary/aromatic N) is 1. The monoisotopic (exact) mass is 186 g/mol. The van der Waals surface area contributed by atoms with Crippen LogP contribution in [0, 0.1) is 5.92 Å². The number of carbonyl (C=O) groups is 1. The van der Waals surface area contributed by atoms with E-state index in [1.165, 1.54) is 0 Å². The molecule has 4 nitrogen and oxygen atoms in total. The first kappa shape index (κ1) is 10.5. The fourth-order valence-electron chi connectivity index (χ4n) is 1.67. The van der Waals surface area contributed by atoms with Gasteiger partial charge < -0.3 is 15.7 Å². The Bertz CT molecular complexity index is 188. The highest BCUT2D eigenvalue weighted by Gasteiger charge is 2.29. The first-order chi connectivity index (χ1) is 6.00. The maximum atomic E-state index is 11.3. The van der Waals surface area contributed by atoms with E-state index in [4.69, 9.17) is 10.8 Å². The minimum atomic E-state index is -0.421. The van der Waals surface area contributed by atoms with Gasteiger partial charge in [0, 0.05) is 13.6 Å². The second kappa shape index (κ2) is 4.07. The molecule has 1 rings (SSSR count). The largest absolute Gasteiger partial charge is 0.393 e. The third-order valence-corrected chi connectivity index (χ3v) is 2.51. The Morgan fingerprint density at radius 2 is 2.23 bits per heavy atom. The van der Waals surface area contributed by atoms with Crippen molar-refractivity contribution in [3.63, 3.8) is 0 Å². The van der Waals surface area contributed by atoms with E-state index in [9.17, 15) is 4.79 Å². The summed E-state index contributed by atoms with van der Waals surface area (Å²) < 4.78 is 0. The van der Waals surface area contributed by atoms with Crippen LogP contribution < -0.4 is 5.73 Å². The average Bonchev–Trinajstić information content (AvgIpc) is 2.00. The van der Waals surface area contributed by atoms with Crippen LogP contribution >= 0.6 is 0 Å². The van der Waals surface area contributed by atoms with Crippen LogP contribution in [0.1, 0.15) is 19.8 Å². The number of nitrogens with two attached hydrogens (primary N) is 1. The van der Waals surface area contributed by atoms with Gasteiger partial charge in [-0.05, 0) is 25.7 Å². The van der Waals surface area contributed by atoms with Crippen LogP contribution in [0.3, 0.4) is 0 Å². The molecule has 0 spiro atoms. The third-order valence-electron chi connectivity index (χ3n) is 2.51. The highest BCUT2D eigenvalue weighted by atomic mass is 16.3. The van der Waals surface area contributed by atoms with Crippen LogP contribution in [0.25, 0.3) is 0 Å². The van der Waals surface area contributed by atoms with Crippen LogP contribution in [0.4, 0.5) is 0 Å². The van der Waals surface area contributed by atoms with Gasteiger partial charge in [0.15, 0.2) is 0 Å². The number of aliphatic hydroxyl groups is 1. The number of amides is 1. The van der Waals surface area contributed by atoms with Gasteiger partial charge in [-0.2, -0.15) is 0 Å². The molecule has 0 bridgehead atoms. The van der Waals surface area contributed by atoms with Crippen LogP contribution in [0.15, 0.2) is 0 Å². The molecule has 0 heterocycles. The molecular formula is C9H18N2O2. The molecular weight excluding hydrogens is 168 g/mol. The molecule has 1 aliphatic rings. The van der Waals surface area contributed by atoms with Gasteiger partial charge in [-0.3, -0.25) is 4.79 Å². The number of aliphatic hydroxyl groups excluding tert-OH is 1. The Morgan fingerprint density at radius 3 is 2.62 bits per heavy atom. The fraction of sp³-hybridized carbons (Fsp3) is 0.889. The van der Waals surface area contributed by atoms with Crippen LogP contribution in [-0.4, -0.2) is 41.7 Å². The van der Waals surface area contributed by atoms with E-state index in [-0.39, 0.29) is 12.0 Å². The van der Waals surface area contributed by atoms with Gasteiger partial charge in [0.1, 0.15) is 0 Å². The quantitative estimate of drug-likeness (QED) is 0.628. The van der Waals surface area contributed by atoms with Crippen LogP contribution in [0.5, 0.6) is 0 Å². The van der Waals surface area contributed by atoms with Crippen molar-refractivity contribution in [2.45, 2.75) is 31.9 Å². The highest BCUT2D eigenvalue weighted by Crippen LogP contribution is 2.27. The zero-order valence-corrected chi connectivity index (χ0v) is 8.23. The van der Waals surface area contributed by atoms with E-state index >= 15 is 0 Å². The number of hydrogen-bond donors (Lipinski definition) is 2. The number of rotatable bonds is 3. The predicted octanol–water partition coefficient (Wildman–Crippen LogP) is -0.437. The summed E-state index contributed by atoms with van der Waals surface area (Å²) in [6, 6.07) is -0.421. The molecule has 0 aromatic rings. The lowest BCUT2D eigenvalue weighted by Gasteiger charge is -2.34. The minimum absolute atomic E-state index is 0.0265. The van der Waals surface area contributed by atoms with E-state index in [0.29, 0.717) is 5.92 Å². The second-order valence-electron chi connectivity index (χ2n) is 4.00. The molecule has 0 radical (unpaired) electrons. The molecule has 0 aliphatic heterocycles. The fourth-order valence-corrected chi connectivity index (χ4v) is 1.67. The van der Waals surface area contributed by atoms with Crippen molar-refractivity contribution in [1.29, 1.82) is 0 Å². The molecule has 3 N–H and O–H groups in total. The summed E-state index contributed by atoms with van der Waals surface area (Å²) >= 11 is 0. The molecule has 1 amide bonds. The lowest BCUT2D eigenvalue weighted by atomic mass is 9.82. The maximum absolute atomic E-state index is 11.3. The zero-order valence-electron chi connectivity index (χ0n) is 8.23. The summed E-state index contributed by atoms with van der Waals surface area (Å²) in [5, 5.41) is 9.05. The first-order valence-electron chi connectivity index (χ1n) is 4.69. The molecule has 0 unspecified atom stereocenters. The Morgan fingerprint density at radius 1 is 1.69 bits per heavy atom. The molecule has 0 saturated heterocycles. The van der Waals surface area contributed by atoms with Gasteiger partial charge >= 0.3 is 0 Å². The molecule has 4 heteroatoms. The number of carbonyl (C=O) groups excluding carboxylic acids is 1. The lowest BCUT2D eigenvalue weighted by Crippen LogP contribution is -2.44. The first-order valence-corrected chi connectivity index (χ1v) is 4.69. The summed E-state index contributed by atoms with van der Waals surface area (Å²) in [6.07, 6.45) is 1.48. The summed E-state index contributed by atoms with van der Waals surface area (Å²) in [6.45, 7) is 2.41. The summed E-state index contributed by atoms with van der Waals surface area (Å²) in [5.41, 5.74) is 5.46. The Kier molecular flexibility index (Phi) is 3.27.